The average molecular weight is 1120 g/mol. The van der Waals surface area contributed by atoms with Crippen LogP contribution in [0.25, 0.3) is 0 Å². The van der Waals surface area contributed by atoms with Crippen molar-refractivity contribution in [2.24, 2.45) is 81.8 Å². The van der Waals surface area contributed by atoms with Crippen LogP contribution in [0.2, 0.25) is 0 Å². The summed E-state index contributed by atoms with van der Waals surface area (Å²) in [5.41, 5.74) is 7.73. The molecule has 4 saturated heterocycles. The molecule has 78 heavy (non-hydrogen) atoms. The summed E-state index contributed by atoms with van der Waals surface area (Å²) in [4.78, 5) is 15.6. The summed E-state index contributed by atoms with van der Waals surface area (Å²) in [5, 5.41) is 3.85. The van der Waals surface area contributed by atoms with Crippen molar-refractivity contribution in [2.75, 3.05) is 25.6 Å². The molecule has 6 saturated carbocycles. The second kappa shape index (κ2) is 20.5. The lowest BCUT2D eigenvalue weighted by Crippen LogP contribution is -2.54. The van der Waals surface area contributed by atoms with Crippen molar-refractivity contribution >= 4 is 26.1 Å². The zero-order chi connectivity index (χ0) is 55.1. The van der Waals surface area contributed by atoms with Crippen molar-refractivity contribution in [3.63, 3.8) is 0 Å². The Bertz CT molecular complexity index is 2750. The lowest BCUT2D eigenvalue weighted by atomic mass is 9.52. The number of allylic oxidation sites excluding steroid dienone is 2. The molecule has 0 bridgehead atoms. The summed E-state index contributed by atoms with van der Waals surface area (Å²) < 4.78 is 73.7. The fraction of sp³-hybridized carbons (Fsp3) is 0.828. The van der Waals surface area contributed by atoms with E-state index in [-0.39, 0.29) is 52.9 Å². The number of piperidine rings is 2. The molecule has 12 aliphatic rings. The van der Waals surface area contributed by atoms with Crippen LogP contribution >= 0.6 is 0 Å². The van der Waals surface area contributed by atoms with Crippen LogP contribution in [-0.2, 0) is 40.9 Å². The second-order valence-electron chi connectivity index (χ2n) is 29.3. The Balaban J connectivity index is 0.000000161. The van der Waals surface area contributed by atoms with E-state index in [0.717, 1.165) is 100 Å². The van der Waals surface area contributed by atoms with Crippen molar-refractivity contribution in [2.45, 2.75) is 225 Å². The minimum Gasteiger partial charge on any atom is -0.445 e. The van der Waals surface area contributed by atoms with E-state index >= 15 is 0 Å². The van der Waals surface area contributed by atoms with E-state index in [2.05, 4.69) is 70.2 Å². The maximum Gasteiger partial charge on any atom is 0.410 e. The zero-order valence-corrected chi connectivity index (χ0v) is 50.8. The van der Waals surface area contributed by atoms with Crippen LogP contribution in [0.3, 0.4) is 0 Å². The monoisotopic (exact) mass is 1110 g/mol. The smallest absolute Gasteiger partial charge is 0.410 e. The van der Waals surface area contributed by atoms with Gasteiger partial charge in [0.25, 0.3) is 0 Å². The Labute approximate surface area is 470 Å². The first-order valence-corrected chi connectivity index (χ1v) is 35.1. The molecule has 0 radical (unpaired) electrons. The Kier molecular flexibility index (Phi) is 14.7. The third-order valence-corrected chi connectivity index (χ3v) is 26.8. The molecule has 1 aromatic carbocycles. The van der Waals surface area contributed by atoms with Crippen molar-refractivity contribution in [3.05, 3.63) is 58.2 Å². The number of likely N-dealkylation sites (tertiary alicyclic amines) is 1. The SMILES string of the molecule is CC1=C2C[C@H]3[C@@H](CC[C@@H]4C[C@H](NS(C)(=O)=O)CC[C@@]43C)[C@@H]2CC[C@]12O[C@@H]1C[C@H](C)CN(C(=O)OCc3ccccc3)[C@H]1[C@H]2C.CC1=C2C[C@H]3[C@@H](CC[C@@H]4C[C@H](NS(C)(=O)=O)CC[C@@]43C)[C@@H]2CC[C@]12O[C@@H]1C[C@H](C)CN[C@H]1[C@H]2C. The lowest BCUT2D eigenvalue weighted by Gasteiger charge is -2.54. The minimum atomic E-state index is -3.18. The number of benzene rings is 1. The van der Waals surface area contributed by atoms with Gasteiger partial charge in [0, 0.05) is 36.5 Å². The number of hydrogen-bond acceptors (Lipinski definition) is 9. The van der Waals surface area contributed by atoms with Crippen LogP contribution in [0.4, 0.5) is 4.79 Å². The first kappa shape index (κ1) is 56.2. The molecule has 434 valence electrons. The highest BCUT2D eigenvalue weighted by Crippen LogP contribution is 2.69. The van der Waals surface area contributed by atoms with E-state index < -0.39 is 20.0 Å². The van der Waals surface area contributed by atoms with Gasteiger partial charge in [-0.3, -0.25) is 0 Å². The van der Waals surface area contributed by atoms with Gasteiger partial charge in [-0.1, -0.05) is 83.0 Å². The fourth-order valence-corrected chi connectivity index (χ4v) is 23.1. The number of rotatable bonds is 6. The molecule has 3 N–H and O–H groups in total. The molecular formula is C64H98N4O8S2. The highest BCUT2D eigenvalue weighted by Gasteiger charge is 2.65. The number of fused-ring (bicyclic) bond motifs is 12. The number of ether oxygens (including phenoxy) is 3. The maximum absolute atomic E-state index is 13.6. The van der Waals surface area contributed by atoms with Crippen LogP contribution in [-0.4, -0.2) is 101 Å². The van der Waals surface area contributed by atoms with E-state index in [1.807, 2.05) is 35.2 Å². The van der Waals surface area contributed by atoms with Crippen LogP contribution < -0.4 is 14.8 Å². The van der Waals surface area contributed by atoms with Crippen molar-refractivity contribution in [1.29, 1.82) is 0 Å². The molecule has 1 amide bonds. The van der Waals surface area contributed by atoms with Gasteiger partial charge in [-0.25, -0.2) is 31.1 Å². The number of nitrogens with zero attached hydrogens (tertiary/aromatic N) is 1. The summed E-state index contributed by atoms with van der Waals surface area (Å²) in [6.45, 7) is 21.4. The van der Waals surface area contributed by atoms with Crippen LogP contribution in [0.1, 0.15) is 177 Å². The van der Waals surface area contributed by atoms with Gasteiger partial charge >= 0.3 is 6.09 Å². The highest BCUT2D eigenvalue weighted by molar-refractivity contribution is 7.89. The van der Waals surface area contributed by atoms with Crippen molar-refractivity contribution in [1.82, 2.24) is 19.7 Å². The van der Waals surface area contributed by atoms with Crippen LogP contribution in [0, 0.1) is 81.8 Å². The van der Waals surface area contributed by atoms with E-state index in [9.17, 15) is 21.6 Å². The van der Waals surface area contributed by atoms with E-state index in [0.29, 0.717) is 65.6 Å². The van der Waals surface area contributed by atoms with Crippen molar-refractivity contribution < 1.29 is 35.8 Å². The molecular weight excluding hydrogens is 1020 g/mol. The highest BCUT2D eigenvalue weighted by atomic mass is 32.2. The Morgan fingerprint density at radius 3 is 1.72 bits per heavy atom. The normalized spacial score (nSPS) is 47.4. The number of carbonyl (C=O) groups excluding carboxylic acids is 1. The molecule has 13 rings (SSSR count). The van der Waals surface area contributed by atoms with Gasteiger partial charge in [0.15, 0.2) is 0 Å². The molecule has 0 unspecified atom stereocenters. The molecule has 14 heteroatoms. The molecule has 4 aliphatic heterocycles. The molecule has 10 fully saturated rings. The van der Waals surface area contributed by atoms with Gasteiger partial charge in [0.05, 0.1) is 42.0 Å². The number of amides is 1. The first-order valence-electron chi connectivity index (χ1n) is 31.3. The summed E-state index contributed by atoms with van der Waals surface area (Å²) in [6, 6.07) is 10.7. The number of carbonyl (C=O) groups is 1. The molecule has 0 aromatic heterocycles. The van der Waals surface area contributed by atoms with Gasteiger partial charge in [-0.05, 0) is 223 Å². The van der Waals surface area contributed by atoms with Crippen molar-refractivity contribution in [3.8, 4) is 0 Å². The lowest BCUT2D eigenvalue weighted by molar-refractivity contribution is -0.0666. The van der Waals surface area contributed by atoms with Gasteiger partial charge < -0.3 is 24.4 Å². The van der Waals surface area contributed by atoms with E-state index in [1.165, 1.54) is 75.9 Å². The summed E-state index contributed by atoms with van der Waals surface area (Å²) in [6.07, 6.45) is 23.3. The third-order valence-electron chi connectivity index (χ3n) is 25.3. The Hall–Kier alpha value is -2.33. The first-order chi connectivity index (χ1) is 36.9. The molecule has 1 aromatic rings. The minimum absolute atomic E-state index is 0.0322. The summed E-state index contributed by atoms with van der Waals surface area (Å²) in [5.74, 6) is 7.40. The zero-order valence-electron chi connectivity index (χ0n) is 49.2. The quantitative estimate of drug-likeness (QED) is 0.236. The van der Waals surface area contributed by atoms with Gasteiger partial charge in [0.1, 0.15) is 6.61 Å². The van der Waals surface area contributed by atoms with E-state index in [1.54, 1.807) is 16.7 Å². The topological polar surface area (TPSA) is 152 Å². The maximum atomic E-state index is 13.6. The second-order valence-corrected chi connectivity index (χ2v) is 32.9. The molecule has 12 nitrogen and oxygen atoms in total. The average Bonchev–Trinajstić information content (AvgIpc) is 3.69. The van der Waals surface area contributed by atoms with Crippen LogP contribution in [0.15, 0.2) is 52.6 Å². The molecule has 22 atom stereocenters. The molecule has 8 aliphatic carbocycles. The predicted molar refractivity (Wildman–Crippen MR) is 307 cm³/mol. The van der Waals surface area contributed by atoms with Gasteiger partial charge in [-0.2, -0.15) is 0 Å². The van der Waals surface area contributed by atoms with Gasteiger partial charge in [-0.15, -0.1) is 0 Å². The molecule has 4 heterocycles. The van der Waals surface area contributed by atoms with Crippen LogP contribution in [0.5, 0.6) is 0 Å². The van der Waals surface area contributed by atoms with Gasteiger partial charge in [0.2, 0.25) is 20.0 Å². The molecule has 2 spiro atoms. The Morgan fingerprint density at radius 2 is 1.18 bits per heavy atom. The number of sulfonamides is 2. The predicted octanol–water partition coefficient (Wildman–Crippen LogP) is 11.3. The third kappa shape index (κ3) is 9.57. The number of hydrogen-bond donors (Lipinski definition) is 3. The fourth-order valence-electron chi connectivity index (χ4n) is 21.5. The Morgan fingerprint density at radius 1 is 0.667 bits per heavy atom. The summed E-state index contributed by atoms with van der Waals surface area (Å²) in [7, 11) is -6.31. The standard InChI is InChI=1S/C36H52N2O5S.C28H46N2O3S/c1-22-17-32-33(38(20-22)34(39)42-21-25-9-7-6-8-10-25)24(3)36(43-32)16-14-28-29-12-11-26-18-27(37-44(5,40)41)13-15-35(26,4)31(29)19-30(28)23(36)2;1-16-12-25-26(29-15-16)18(3)28(33-25)11-9-21-22-7-6-19-13-20(30-34(5,31)32)8-10-27(19,4)24(22)14-23(21)17(28)2/h6-10,22,24,26-29,31-33,37H,11-21H2,1-5H3;16,18-22,24-26,29-30H,6-15H2,1-5H3/t22-,24+,26+,27+,28-,29-,31-,32+,33-,35-,36-;16-,18+,19+,20+,21-,22-,24-,25+,26-,27-,28-/m00/s1. The van der Waals surface area contributed by atoms with E-state index in [4.69, 9.17) is 14.2 Å². The summed E-state index contributed by atoms with van der Waals surface area (Å²) >= 11 is 0. The number of nitrogens with one attached hydrogen (secondary N) is 3. The largest absolute Gasteiger partial charge is 0.445 e.